The fourth-order valence-electron chi connectivity index (χ4n) is 4.58. The van der Waals surface area contributed by atoms with Crippen LogP contribution in [0, 0.1) is 19.7 Å². The van der Waals surface area contributed by atoms with Gasteiger partial charge in [-0.2, -0.15) is 0 Å². The lowest BCUT2D eigenvalue weighted by Gasteiger charge is -2.37. The maximum absolute atomic E-state index is 13.9. The van der Waals surface area contributed by atoms with E-state index in [1.807, 2.05) is 17.9 Å². The summed E-state index contributed by atoms with van der Waals surface area (Å²) in [6, 6.07) is 8.21. The molecule has 7 nitrogen and oxygen atoms in total. The van der Waals surface area contributed by atoms with Gasteiger partial charge in [0.2, 0.25) is 5.91 Å². The lowest BCUT2D eigenvalue weighted by Crippen LogP contribution is -2.44. The predicted molar refractivity (Wildman–Crippen MR) is 136 cm³/mol. The van der Waals surface area contributed by atoms with Gasteiger partial charge in [0.1, 0.15) is 11.6 Å². The van der Waals surface area contributed by atoms with Gasteiger partial charge in [0.15, 0.2) is 5.75 Å². The van der Waals surface area contributed by atoms with E-state index >= 15 is 0 Å². The van der Waals surface area contributed by atoms with Gasteiger partial charge in [-0.15, -0.1) is 0 Å². The number of anilines is 1. The van der Waals surface area contributed by atoms with Crippen molar-refractivity contribution < 1.29 is 23.8 Å². The number of allylic oxidation sites excluding steroid dienone is 1. The first-order valence-electron chi connectivity index (χ1n) is 12.0. The lowest BCUT2D eigenvalue weighted by atomic mass is 9.97. The van der Waals surface area contributed by atoms with E-state index in [1.165, 1.54) is 12.1 Å². The molecule has 2 aliphatic rings. The largest absolute Gasteiger partial charge is 0.455 e. The van der Waals surface area contributed by atoms with Crippen molar-refractivity contribution in [2.24, 2.45) is 0 Å². The number of ether oxygens (including phenoxy) is 1. The molecule has 4 rings (SSSR count). The molecular formula is C28H32FN3O4. The number of hydrogen-bond donors (Lipinski definition) is 2. The minimum Gasteiger partial charge on any atom is -0.455 e. The van der Waals surface area contributed by atoms with Gasteiger partial charge >= 0.3 is 0 Å². The first-order valence-corrected chi connectivity index (χ1v) is 12.0. The third-order valence-electron chi connectivity index (χ3n) is 6.46. The maximum atomic E-state index is 13.9. The van der Waals surface area contributed by atoms with Crippen LogP contribution in [0.2, 0.25) is 0 Å². The van der Waals surface area contributed by atoms with Crippen molar-refractivity contribution in [1.82, 2.24) is 10.2 Å². The third kappa shape index (κ3) is 4.73. The molecule has 0 spiro atoms. The zero-order valence-electron chi connectivity index (χ0n) is 21.5. The Bertz CT molecular complexity index is 1280. The molecular weight excluding hydrogens is 461 g/mol. The quantitative estimate of drug-likeness (QED) is 0.623. The van der Waals surface area contributed by atoms with Crippen LogP contribution in [0.3, 0.4) is 0 Å². The Kier molecular flexibility index (Phi) is 6.66. The molecule has 8 heteroatoms. The van der Waals surface area contributed by atoms with Crippen LogP contribution in [0.15, 0.2) is 53.3 Å². The van der Waals surface area contributed by atoms with Crippen LogP contribution >= 0.6 is 0 Å². The highest BCUT2D eigenvalue weighted by molar-refractivity contribution is 6.04. The number of rotatable bonds is 6. The fourth-order valence-corrected chi connectivity index (χ4v) is 4.58. The van der Waals surface area contributed by atoms with Crippen molar-refractivity contribution in [2.45, 2.75) is 46.6 Å². The highest BCUT2D eigenvalue weighted by atomic mass is 19.1. The first-order chi connectivity index (χ1) is 16.9. The Labute approximate surface area is 210 Å². The van der Waals surface area contributed by atoms with Crippen LogP contribution in [-0.2, 0) is 15.2 Å². The van der Waals surface area contributed by atoms with Crippen molar-refractivity contribution in [3.63, 3.8) is 0 Å². The van der Waals surface area contributed by atoms with Crippen LogP contribution in [0.4, 0.5) is 10.1 Å². The summed E-state index contributed by atoms with van der Waals surface area (Å²) in [4.78, 5) is 29.1. The molecule has 36 heavy (non-hydrogen) atoms. The van der Waals surface area contributed by atoms with E-state index in [1.54, 1.807) is 57.9 Å². The number of halogens is 1. The van der Waals surface area contributed by atoms with Crippen LogP contribution in [0.25, 0.3) is 0 Å². The summed E-state index contributed by atoms with van der Waals surface area (Å²) in [5.41, 5.74) is 3.13. The molecule has 0 fully saturated rings. The summed E-state index contributed by atoms with van der Waals surface area (Å²) in [5, 5.41) is 13.5. The molecule has 0 unspecified atom stereocenters. The molecule has 0 saturated carbocycles. The standard InChI is InChI=1S/C28H32FN3O4/c1-7-30-26(33)18-12-21-22(13-18)32(15-31(6)27(21)34)23-14-19(28(4,5)35)8-9-24(23)36-25-16(2)10-20(29)11-17(25)3/h8-11,13-14,35H,7,12,15H2,1-6H3,(H,30,33). The second kappa shape index (κ2) is 9.43. The normalized spacial score (nSPS) is 15.8. The molecule has 1 aliphatic heterocycles. The average Bonchev–Trinajstić information content (AvgIpc) is 3.24. The molecule has 1 heterocycles. The number of benzene rings is 2. The molecule has 1 aliphatic carbocycles. The van der Waals surface area contributed by atoms with E-state index in [9.17, 15) is 19.1 Å². The lowest BCUT2D eigenvalue weighted by molar-refractivity contribution is -0.126. The van der Waals surface area contributed by atoms with Crippen LogP contribution in [-0.4, -0.2) is 42.1 Å². The molecule has 2 amide bonds. The summed E-state index contributed by atoms with van der Waals surface area (Å²) >= 11 is 0. The van der Waals surface area contributed by atoms with Crippen LogP contribution in [0.1, 0.15) is 43.9 Å². The Balaban J connectivity index is 1.86. The van der Waals surface area contributed by atoms with Gasteiger partial charge in [0, 0.05) is 31.2 Å². The summed E-state index contributed by atoms with van der Waals surface area (Å²) in [5.74, 6) is 0.337. The zero-order valence-corrected chi connectivity index (χ0v) is 21.5. The van der Waals surface area contributed by atoms with Crippen LogP contribution < -0.4 is 15.0 Å². The second-order valence-electron chi connectivity index (χ2n) is 9.85. The summed E-state index contributed by atoms with van der Waals surface area (Å²) in [6.45, 7) is 9.51. The molecule has 2 aromatic rings. The minimum absolute atomic E-state index is 0.136. The van der Waals surface area contributed by atoms with Gasteiger partial charge < -0.3 is 25.0 Å². The monoisotopic (exact) mass is 493 g/mol. The summed E-state index contributed by atoms with van der Waals surface area (Å²) < 4.78 is 20.3. The smallest absolute Gasteiger partial charge is 0.253 e. The molecule has 2 N–H and O–H groups in total. The van der Waals surface area contributed by atoms with Crippen molar-refractivity contribution in [3.05, 3.63) is 75.8 Å². The predicted octanol–water partition coefficient (Wildman–Crippen LogP) is 4.42. The second-order valence-corrected chi connectivity index (χ2v) is 9.85. The van der Waals surface area contributed by atoms with Crippen molar-refractivity contribution >= 4 is 17.5 Å². The number of carbonyl (C=O) groups is 2. The Morgan fingerprint density at radius 1 is 1.19 bits per heavy atom. The van der Waals surface area contributed by atoms with Gasteiger partial charge in [0.25, 0.3) is 5.91 Å². The van der Waals surface area contributed by atoms with Crippen molar-refractivity contribution in [3.8, 4) is 11.5 Å². The number of amides is 2. The van der Waals surface area contributed by atoms with E-state index in [-0.39, 0.29) is 30.7 Å². The number of nitrogens with one attached hydrogen (secondary N) is 1. The molecule has 0 aromatic heterocycles. The zero-order chi connectivity index (χ0) is 26.4. The maximum Gasteiger partial charge on any atom is 0.253 e. The van der Waals surface area contributed by atoms with E-state index in [4.69, 9.17) is 4.74 Å². The molecule has 0 radical (unpaired) electrons. The SMILES string of the molecule is CCNC(=O)C1=CC2=C(C1)C(=O)N(C)CN2c1cc(C(C)(C)O)ccc1Oc1c(C)cc(F)cc1C. The van der Waals surface area contributed by atoms with Gasteiger partial charge in [-0.3, -0.25) is 9.59 Å². The highest BCUT2D eigenvalue weighted by Crippen LogP contribution is 2.43. The molecule has 190 valence electrons. The van der Waals surface area contributed by atoms with Gasteiger partial charge in [-0.1, -0.05) is 6.07 Å². The van der Waals surface area contributed by atoms with E-state index in [0.717, 1.165) is 0 Å². The first kappa shape index (κ1) is 25.4. The summed E-state index contributed by atoms with van der Waals surface area (Å²) in [7, 11) is 1.71. The van der Waals surface area contributed by atoms with E-state index in [2.05, 4.69) is 5.32 Å². The third-order valence-corrected chi connectivity index (χ3v) is 6.46. The van der Waals surface area contributed by atoms with Gasteiger partial charge in [-0.05, 0) is 81.7 Å². The van der Waals surface area contributed by atoms with E-state index in [0.29, 0.717) is 57.3 Å². The fraction of sp³-hybridized carbons (Fsp3) is 0.357. The van der Waals surface area contributed by atoms with Crippen molar-refractivity contribution in [1.29, 1.82) is 0 Å². The molecule has 0 bridgehead atoms. The number of carbonyl (C=O) groups excluding carboxylic acids is 2. The summed E-state index contributed by atoms with van der Waals surface area (Å²) in [6.07, 6.45) is 1.98. The Morgan fingerprint density at radius 3 is 2.47 bits per heavy atom. The van der Waals surface area contributed by atoms with E-state index < -0.39 is 5.60 Å². The molecule has 0 saturated heterocycles. The van der Waals surface area contributed by atoms with Crippen molar-refractivity contribution in [2.75, 3.05) is 25.2 Å². The van der Waals surface area contributed by atoms with Gasteiger partial charge in [-0.25, -0.2) is 4.39 Å². The average molecular weight is 494 g/mol. The number of nitrogens with zero attached hydrogens (tertiary/aromatic N) is 2. The highest BCUT2D eigenvalue weighted by Gasteiger charge is 2.36. The number of hydrogen-bond acceptors (Lipinski definition) is 5. The Hall–Kier alpha value is -3.65. The topological polar surface area (TPSA) is 82.1 Å². The number of aryl methyl sites for hydroxylation is 2. The Morgan fingerprint density at radius 2 is 1.86 bits per heavy atom. The minimum atomic E-state index is -1.12. The van der Waals surface area contributed by atoms with Crippen LogP contribution in [0.5, 0.6) is 11.5 Å². The van der Waals surface area contributed by atoms with Gasteiger partial charge in [0.05, 0.1) is 23.7 Å². The molecule has 0 atom stereocenters. The molecule has 2 aromatic carbocycles. The number of likely N-dealkylation sites (N-methyl/N-ethyl adjacent to an activating group) is 2. The number of aliphatic hydroxyl groups is 1.